The SMILES string of the molecule is Cc1ccc(Sc2nncc3ccccc23)cc1C(=O)O. The van der Waals surface area contributed by atoms with E-state index >= 15 is 0 Å². The first-order valence-corrected chi connectivity index (χ1v) is 7.19. The lowest BCUT2D eigenvalue weighted by molar-refractivity contribution is 0.0696. The summed E-state index contributed by atoms with van der Waals surface area (Å²) in [6, 6.07) is 13.2. The quantitative estimate of drug-likeness (QED) is 0.796. The second-order valence-corrected chi connectivity index (χ2v) is 5.68. The van der Waals surface area contributed by atoms with Crippen LogP contribution in [0.3, 0.4) is 0 Å². The molecule has 1 heterocycles. The van der Waals surface area contributed by atoms with Crippen LogP contribution in [0.15, 0.2) is 58.6 Å². The Bertz CT molecular complexity index is 828. The molecule has 3 rings (SSSR count). The molecule has 1 N–H and O–H groups in total. The van der Waals surface area contributed by atoms with Crippen LogP contribution in [0, 0.1) is 6.92 Å². The molecule has 0 spiro atoms. The average Bonchev–Trinajstić information content (AvgIpc) is 2.49. The highest BCUT2D eigenvalue weighted by Gasteiger charge is 2.10. The number of carboxylic acids is 1. The number of fused-ring (bicyclic) bond motifs is 1. The van der Waals surface area contributed by atoms with Crippen LogP contribution < -0.4 is 0 Å². The average molecular weight is 296 g/mol. The molecule has 0 amide bonds. The van der Waals surface area contributed by atoms with Crippen molar-refractivity contribution in [3.05, 3.63) is 59.8 Å². The van der Waals surface area contributed by atoms with E-state index in [2.05, 4.69) is 10.2 Å². The van der Waals surface area contributed by atoms with Gasteiger partial charge in [0.25, 0.3) is 0 Å². The van der Waals surface area contributed by atoms with Gasteiger partial charge in [-0.15, -0.1) is 5.10 Å². The van der Waals surface area contributed by atoms with Crippen LogP contribution >= 0.6 is 11.8 Å². The lowest BCUT2D eigenvalue weighted by Gasteiger charge is -2.06. The van der Waals surface area contributed by atoms with E-state index in [4.69, 9.17) is 0 Å². The van der Waals surface area contributed by atoms with Crippen LogP contribution in [0.1, 0.15) is 15.9 Å². The second kappa shape index (κ2) is 5.54. The smallest absolute Gasteiger partial charge is 0.335 e. The summed E-state index contributed by atoms with van der Waals surface area (Å²) < 4.78 is 0. The number of benzene rings is 2. The number of rotatable bonds is 3. The fraction of sp³-hybridized carbons (Fsp3) is 0.0625. The Kier molecular flexibility index (Phi) is 3.58. The van der Waals surface area contributed by atoms with Crippen molar-refractivity contribution in [3.63, 3.8) is 0 Å². The summed E-state index contributed by atoms with van der Waals surface area (Å²) in [4.78, 5) is 12.0. The van der Waals surface area contributed by atoms with Gasteiger partial charge in [-0.1, -0.05) is 42.1 Å². The molecule has 5 heteroatoms. The zero-order valence-corrected chi connectivity index (χ0v) is 12.1. The number of aryl methyl sites for hydroxylation is 1. The van der Waals surface area contributed by atoms with Crippen molar-refractivity contribution in [2.75, 3.05) is 0 Å². The summed E-state index contributed by atoms with van der Waals surface area (Å²) in [5, 5.41) is 20.1. The van der Waals surface area contributed by atoms with Crippen LogP contribution in [0.2, 0.25) is 0 Å². The molecule has 0 saturated carbocycles. The van der Waals surface area contributed by atoms with Gasteiger partial charge in [-0.05, 0) is 24.6 Å². The first-order valence-electron chi connectivity index (χ1n) is 6.37. The largest absolute Gasteiger partial charge is 0.478 e. The maximum absolute atomic E-state index is 11.2. The molecule has 0 aliphatic rings. The van der Waals surface area contributed by atoms with Crippen molar-refractivity contribution in [2.45, 2.75) is 16.8 Å². The fourth-order valence-corrected chi connectivity index (χ4v) is 3.00. The second-order valence-electron chi connectivity index (χ2n) is 4.62. The summed E-state index contributed by atoms with van der Waals surface area (Å²) >= 11 is 1.42. The summed E-state index contributed by atoms with van der Waals surface area (Å²) in [5.74, 6) is -0.918. The summed E-state index contributed by atoms with van der Waals surface area (Å²) in [5.41, 5.74) is 1.06. The molecule has 2 aromatic carbocycles. The first-order chi connectivity index (χ1) is 10.1. The van der Waals surface area contributed by atoms with Gasteiger partial charge < -0.3 is 5.11 Å². The molecule has 0 atom stereocenters. The highest BCUT2D eigenvalue weighted by atomic mass is 32.2. The van der Waals surface area contributed by atoms with E-state index in [0.717, 1.165) is 26.3 Å². The summed E-state index contributed by atoms with van der Waals surface area (Å²) in [6.07, 6.45) is 1.72. The number of hydrogen-bond donors (Lipinski definition) is 1. The van der Waals surface area contributed by atoms with E-state index in [1.807, 2.05) is 36.4 Å². The van der Waals surface area contributed by atoms with Gasteiger partial charge in [-0.3, -0.25) is 0 Å². The minimum absolute atomic E-state index is 0.313. The predicted octanol–water partition coefficient (Wildman–Crippen LogP) is 3.79. The zero-order chi connectivity index (χ0) is 14.8. The van der Waals surface area contributed by atoms with Gasteiger partial charge >= 0.3 is 5.97 Å². The van der Waals surface area contributed by atoms with Crippen molar-refractivity contribution in [1.29, 1.82) is 0 Å². The van der Waals surface area contributed by atoms with Crippen molar-refractivity contribution in [3.8, 4) is 0 Å². The number of aromatic nitrogens is 2. The van der Waals surface area contributed by atoms with E-state index in [-0.39, 0.29) is 0 Å². The summed E-state index contributed by atoms with van der Waals surface area (Å²) in [6.45, 7) is 1.79. The first kappa shape index (κ1) is 13.6. The van der Waals surface area contributed by atoms with E-state index < -0.39 is 5.97 Å². The minimum Gasteiger partial charge on any atom is -0.478 e. The Hall–Kier alpha value is -2.40. The molecule has 21 heavy (non-hydrogen) atoms. The molecule has 1 aromatic heterocycles. The van der Waals surface area contributed by atoms with Gasteiger partial charge in [0, 0.05) is 15.7 Å². The number of aromatic carboxylic acids is 1. The Labute approximate surface area is 125 Å². The third-order valence-electron chi connectivity index (χ3n) is 3.19. The lowest BCUT2D eigenvalue weighted by Crippen LogP contribution is -1.99. The molecule has 0 fully saturated rings. The van der Waals surface area contributed by atoms with E-state index in [1.54, 1.807) is 19.2 Å². The van der Waals surface area contributed by atoms with Gasteiger partial charge in [0.2, 0.25) is 0 Å². The maximum Gasteiger partial charge on any atom is 0.335 e. The molecule has 0 aliphatic carbocycles. The fourth-order valence-electron chi connectivity index (χ4n) is 2.08. The molecule has 0 bridgehead atoms. The standard InChI is InChI=1S/C16H12N2O2S/c1-10-6-7-12(8-14(10)16(19)20)21-15-13-5-3-2-4-11(13)9-17-18-15/h2-9H,1H3,(H,19,20). The van der Waals surface area contributed by atoms with Crippen molar-refractivity contribution >= 4 is 28.5 Å². The van der Waals surface area contributed by atoms with Crippen LogP contribution in [0.5, 0.6) is 0 Å². The van der Waals surface area contributed by atoms with Crippen LogP contribution in [-0.4, -0.2) is 21.3 Å². The van der Waals surface area contributed by atoms with Gasteiger partial charge in [-0.25, -0.2) is 4.79 Å². The van der Waals surface area contributed by atoms with Crippen molar-refractivity contribution in [1.82, 2.24) is 10.2 Å². The molecule has 0 radical (unpaired) electrons. The van der Waals surface area contributed by atoms with E-state index in [9.17, 15) is 9.90 Å². The highest BCUT2D eigenvalue weighted by Crippen LogP contribution is 2.32. The Balaban J connectivity index is 2.03. The Morgan fingerprint density at radius 2 is 2.00 bits per heavy atom. The Morgan fingerprint density at radius 3 is 2.81 bits per heavy atom. The number of nitrogens with zero attached hydrogens (tertiary/aromatic N) is 2. The van der Waals surface area contributed by atoms with E-state index in [0.29, 0.717) is 5.56 Å². The maximum atomic E-state index is 11.2. The lowest BCUT2D eigenvalue weighted by atomic mass is 10.1. The predicted molar refractivity (Wildman–Crippen MR) is 81.8 cm³/mol. The van der Waals surface area contributed by atoms with Gasteiger partial charge in [0.05, 0.1) is 11.8 Å². The monoisotopic (exact) mass is 296 g/mol. The third kappa shape index (κ3) is 2.73. The highest BCUT2D eigenvalue weighted by molar-refractivity contribution is 7.99. The van der Waals surface area contributed by atoms with Gasteiger partial charge in [0.15, 0.2) is 0 Å². The molecule has 0 saturated heterocycles. The number of carbonyl (C=O) groups is 1. The minimum atomic E-state index is -0.918. The van der Waals surface area contributed by atoms with Crippen molar-refractivity contribution < 1.29 is 9.90 Å². The molecule has 3 aromatic rings. The normalized spacial score (nSPS) is 10.7. The van der Waals surface area contributed by atoms with Crippen LogP contribution in [0.4, 0.5) is 0 Å². The third-order valence-corrected chi connectivity index (χ3v) is 4.18. The zero-order valence-electron chi connectivity index (χ0n) is 11.3. The molecule has 104 valence electrons. The van der Waals surface area contributed by atoms with Crippen molar-refractivity contribution in [2.24, 2.45) is 0 Å². The summed E-state index contributed by atoms with van der Waals surface area (Å²) in [7, 11) is 0. The number of hydrogen-bond acceptors (Lipinski definition) is 4. The van der Waals surface area contributed by atoms with Crippen LogP contribution in [-0.2, 0) is 0 Å². The van der Waals surface area contributed by atoms with Crippen LogP contribution in [0.25, 0.3) is 10.8 Å². The van der Waals surface area contributed by atoms with Gasteiger partial charge in [-0.2, -0.15) is 5.10 Å². The molecule has 4 nitrogen and oxygen atoms in total. The molecule has 0 aliphatic heterocycles. The number of carboxylic acid groups (broad SMARTS) is 1. The van der Waals surface area contributed by atoms with E-state index in [1.165, 1.54) is 11.8 Å². The Morgan fingerprint density at radius 1 is 1.19 bits per heavy atom. The van der Waals surface area contributed by atoms with Gasteiger partial charge in [0.1, 0.15) is 5.03 Å². The molecule has 0 unspecified atom stereocenters. The molecular formula is C16H12N2O2S. The molecular weight excluding hydrogens is 284 g/mol. The topological polar surface area (TPSA) is 63.1 Å².